The van der Waals surface area contributed by atoms with Crippen LogP contribution in [0.3, 0.4) is 0 Å². The smallest absolute Gasteiger partial charge is 0.309 e. The lowest BCUT2D eigenvalue weighted by Crippen LogP contribution is -2.44. The first-order valence-electron chi connectivity index (χ1n) is 12.3. The zero-order chi connectivity index (χ0) is 25.7. The van der Waals surface area contributed by atoms with Gasteiger partial charge >= 0.3 is 5.97 Å². The molecule has 0 saturated carbocycles. The quantitative estimate of drug-likeness (QED) is 0.328. The number of hydrogen-bond acceptors (Lipinski definition) is 4. The SMILES string of the molecule is COc1ccc2ncc(Cl)c(C(F)CCC3(C(=O)O)CCN(CCCc4ccccc4F)CC3)c2c1. The van der Waals surface area contributed by atoms with Crippen molar-refractivity contribution >= 4 is 28.5 Å². The first-order valence-corrected chi connectivity index (χ1v) is 12.7. The number of carbonyl (C=O) groups is 1. The molecule has 1 N–H and O–H groups in total. The van der Waals surface area contributed by atoms with Gasteiger partial charge in [0.15, 0.2) is 0 Å². The summed E-state index contributed by atoms with van der Waals surface area (Å²) in [6.07, 6.45) is 2.62. The van der Waals surface area contributed by atoms with Crippen molar-refractivity contribution in [3.05, 3.63) is 70.6 Å². The first kappa shape index (κ1) is 26.3. The van der Waals surface area contributed by atoms with Crippen LogP contribution in [0.4, 0.5) is 8.78 Å². The number of methoxy groups -OCH3 is 1. The van der Waals surface area contributed by atoms with Crippen molar-refractivity contribution in [1.82, 2.24) is 9.88 Å². The van der Waals surface area contributed by atoms with Crippen molar-refractivity contribution in [3.8, 4) is 5.75 Å². The van der Waals surface area contributed by atoms with E-state index in [1.165, 1.54) is 19.4 Å². The predicted octanol–water partition coefficient (Wildman–Crippen LogP) is 6.63. The van der Waals surface area contributed by atoms with Crippen molar-refractivity contribution in [2.45, 2.75) is 44.7 Å². The Bertz CT molecular complexity index is 1210. The second-order valence-corrected chi connectivity index (χ2v) is 9.94. The number of benzene rings is 2. The maximum absolute atomic E-state index is 15.6. The number of rotatable bonds is 10. The van der Waals surface area contributed by atoms with E-state index >= 15 is 4.39 Å². The molecule has 1 saturated heterocycles. The number of nitrogens with zero attached hydrogens (tertiary/aromatic N) is 2. The lowest BCUT2D eigenvalue weighted by atomic mass is 9.74. The van der Waals surface area contributed by atoms with Gasteiger partial charge < -0.3 is 14.7 Å². The third kappa shape index (κ3) is 5.79. The maximum atomic E-state index is 15.6. The van der Waals surface area contributed by atoms with E-state index in [-0.39, 0.29) is 23.7 Å². The van der Waals surface area contributed by atoms with Crippen LogP contribution in [0.2, 0.25) is 5.02 Å². The monoisotopic (exact) mass is 516 g/mol. The van der Waals surface area contributed by atoms with E-state index in [9.17, 15) is 14.3 Å². The zero-order valence-corrected chi connectivity index (χ0v) is 21.1. The van der Waals surface area contributed by atoms with E-state index in [0.29, 0.717) is 60.1 Å². The van der Waals surface area contributed by atoms with E-state index in [1.54, 1.807) is 30.3 Å². The van der Waals surface area contributed by atoms with Gasteiger partial charge in [-0.25, -0.2) is 8.78 Å². The van der Waals surface area contributed by atoms with Crippen LogP contribution in [-0.2, 0) is 11.2 Å². The third-order valence-electron chi connectivity index (χ3n) is 7.40. The summed E-state index contributed by atoms with van der Waals surface area (Å²) in [5.41, 5.74) is 0.656. The third-order valence-corrected chi connectivity index (χ3v) is 7.70. The highest BCUT2D eigenvalue weighted by molar-refractivity contribution is 6.32. The molecular formula is C28H31ClF2N2O3. The molecule has 3 aromatic rings. The molecule has 192 valence electrons. The number of halogens is 3. The van der Waals surface area contributed by atoms with Crippen molar-refractivity contribution in [2.24, 2.45) is 5.41 Å². The van der Waals surface area contributed by atoms with Crippen LogP contribution >= 0.6 is 11.6 Å². The summed E-state index contributed by atoms with van der Waals surface area (Å²) in [6, 6.07) is 12.0. The summed E-state index contributed by atoms with van der Waals surface area (Å²) < 4.78 is 34.7. The molecular weight excluding hydrogens is 486 g/mol. The first-order chi connectivity index (χ1) is 17.3. The lowest BCUT2D eigenvalue weighted by Gasteiger charge is -2.39. The van der Waals surface area contributed by atoms with E-state index in [4.69, 9.17) is 16.3 Å². The van der Waals surface area contributed by atoms with Crippen LogP contribution < -0.4 is 4.74 Å². The standard InChI is InChI=1S/C28H31ClF2N2O3/c1-36-20-8-9-25-21(17-20)26(22(29)18-32-25)24(31)10-11-28(27(34)35)12-15-33(16-13-28)14-4-6-19-5-2-3-7-23(19)30/h2-3,5,7-9,17-18,24H,4,6,10-16H2,1H3,(H,34,35). The molecule has 0 spiro atoms. The summed E-state index contributed by atoms with van der Waals surface area (Å²) in [5.74, 6) is -0.500. The molecule has 0 bridgehead atoms. The van der Waals surface area contributed by atoms with Gasteiger partial charge in [0.2, 0.25) is 0 Å². The van der Waals surface area contributed by atoms with Gasteiger partial charge in [-0.2, -0.15) is 0 Å². The summed E-state index contributed by atoms with van der Waals surface area (Å²) in [5, 5.41) is 10.9. The van der Waals surface area contributed by atoms with E-state index in [1.807, 2.05) is 6.07 Å². The van der Waals surface area contributed by atoms with Crippen LogP contribution in [0.15, 0.2) is 48.7 Å². The van der Waals surface area contributed by atoms with E-state index < -0.39 is 17.6 Å². The number of carboxylic acids is 1. The summed E-state index contributed by atoms with van der Waals surface area (Å²) in [6.45, 7) is 2.02. The predicted molar refractivity (Wildman–Crippen MR) is 137 cm³/mol. The number of fused-ring (bicyclic) bond motifs is 1. The minimum Gasteiger partial charge on any atom is -0.497 e. The molecule has 1 aliphatic rings. The van der Waals surface area contributed by atoms with Crippen LogP contribution in [0, 0.1) is 11.2 Å². The fraction of sp³-hybridized carbons (Fsp3) is 0.429. The Hall–Kier alpha value is -2.77. The van der Waals surface area contributed by atoms with Crippen molar-refractivity contribution in [2.75, 3.05) is 26.7 Å². The Morgan fingerprint density at radius 2 is 2.00 bits per heavy atom. The molecule has 1 aromatic heterocycles. The van der Waals surface area contributed by atoms with Crippen molar-refractivity contribution in [3.63, 3.8) is 0 Å². The number of alkyl halides is 1. The van der Waals surface area contributed by atoms with Gasteiger partial charge in [0.1, 0.15) is 17.7 Å². The highest BCUT2D eigenvalue weighted by Gasteiger charge is 2.41. The number of aryl methyl sites for hydroxylation is 1. The average molecular weight is 517 g/mol. The molecule has 5 nitrogen and oxygen atoms in total. The topological polar surface area (TPSA) is 62.7 Å². The van der Waals surface area contributed by atoms with E-state index in [0.717, 1.165) is 13.0 Å². The van der Waals surface area contributed by atoms with Crippen LogP contribution in [0.25, 0.3) is 10.9 Å². The number of ether oxygens (including phenoxy) is 1. The average Bonchev–Trinajstić information content (AvgIpc) is 2.88. The summed E-state index contributed by atoms with van der Waals surface area (Å²) >= 11 is 6.34. The second-order valence-electron chi connectivity index (χ2n) is 9.53. The molecule has 1 unspecified atom stereocenters. The molecule has 1 atom stereocenters. The van der Waals surface area contributed by atoms with Crippen molar-refractivity contribution in [1.29, 1.82) is 0 Å². The minimum absolute atomic E-state index is 0.0512. The number of carboxylic acid groups (broad SMARTS) is 1. The molecule has 0 aliphatic carbocycles. The summed E-state index contributed by atoms with van der Waals surface area (Å²) in [4.78, 5) is 18.8. The van der Waals surface area contributed by atoms with Gasteiger partial charge in [0.25, 0.3) is 0 Å². The minimum atomic E-state index is -1.43. The van der Waals surface area contributed by atoms with Gasteiger partial charge in [-0.3, -0.25) is 9.78 Å². The van der Waals surface area contributed by atoms with Crippen LogP contribution in [0.5, 0.6) is 5.75 Å². The lowest BCUT2D eigenvalue weighted by molar-refractivity contribution is -0.153. The van der Waals surface area contributed by atoms with Gasteiger partial charge in [-0.15, -0.1) is 0 Å². The molecule has 2 heterocycles. The summed E-state index contributed by atoms with van der Waals surface area (Å²) in [7, 11) is 1.54. The van der Waals surface area contributed by atoms with Crippen LogP contribution in [-0.4, -0.2) is 47.7 Å². The Kier molecular flexibility index (Phi) is 8.42. The van der Waals surface area contributed by atoms with Crippen molar-refractivity contribution < 1.29 is 23.4 Å². The Labute approximate surface area is 215 Å². The van der Waals surface area contributed by atoms with Gasteiger partial charge in [-0.1, -0.05) is 29.8 Å². The number of likely N-dealkylation sites (tertiary alicyclic amines) is 1. The number of hydrogen-bond donors (Lipinski definition) is 1. The normalized spacial score (nSPS) is 16.7. The fourth-order valence-corrected chi connectivity index (χ4v) is 5.40. The Balaban J connectivity index is 1.38. The highest BCUT2D eigenvalue weighted by atomic mass is 35.5. The number of aliphatic carboxylic acids is 1. The number of pyridine rings is 1. The second kappa shape index (κ2) is 11.5. The Morgan fingerprint density at radius 3 is 2.69 bits per heavy atom. The zero-order valence-electron chi connectivity index (χ0n) is 20.4. The van der Waals surface area contributed by atoms with Crippen LogP contribution in [0.1, 0.15) is 49.4 Å². The largest absolute Gasteiger partial charge is 0.497 e. The molecule has 4 rings (SSSR count). The number of piperidine rings is 1. The van der Waals surface area contributed by atoms with Gasteiger partial charge in [0.05, 0.1) is 23.1 Å². The Morgan fingerprint density at radius 1 is 1.25 bits per heavy atom. The molecule has 0 radical (unpaired) electrons. The fourth-order valence-electron chi connectivity index (χ4n) is 5.13. The molecule has 0 amide bonds. The highest BCUT2D eigenvalue weighted by Crippen LogP contribution is 2.42. The molecule has 8 heteroatoms. The number of aromatic nitrogens is 1. The maximum Gasteiger partial charge on any atom is 0.309 e. The van der Waals surface area contributed by atoms with Gasteiger partial charge in [0, 0.05) is 17.1 Å². The van der Waals surface area contributed by atoms with Gasteiger partial charge in [-0.05, 0) is 88.0 Å². The molecule has 1 fully saturated rings. The molecule has 36 heavy (non-hydrogen) atoms. The molecule has 1 aliphatic heterocycles. The van der Waals surface area contributed by atoms with E-state index in [2.05, 4.69) is 9.88 Å². The molecule has 2 aromatic carbocycles.